The molecule has 25 heavy (non-hydrogen) atoms. The number of hydrogen-bond donors (Lipinski definition) is 0. The van der Waals surface area contributed by atoms with E-state index in [2.05, 4.69) is 6.07 Å². The van der Waals surface area contributed by atoms with Gasteiger partial charge < -0.3 is 14.5 Å². The summed E-state index contributed by atoms with van der Waals surface area (Å²) in [4.78, 5) is 16.7. The summed E-state index contributed by atoms with van der Waals surface area (Å²) in [6, 6.07) is 11.9. The minimum atomic E-state index is -0.229. The predicted molar refractivity (Wildman–Crippen MR) is 97.4 cm³/mol. The molecule has 1 fully saturated rings. The molecule has 5 heteroatoms. The highest BCUT2D eigenvalue weighted by Crippen LogP contribution is 2.16. The Morgan fingerprint density at radius 2 is 1.92 bits per heavy atom. The maximum Gasteiger partial charge on any atom is 0.266 e. The molecule has 1 aromatic carbocycles. The number of nitriles is 1. The first-order chi connectivity index (χ1) is 11.9. The molecular formula is C20H27N3O2. The fraction of sp³-hybridized carbons (Fsp3) is 0.500. The second-order valence-electron chi connectivity index (χ2n) is 6.88. The van der Waals surface area contributed by atoms with E-state index in [1.54, 1.807) is 11.1 Å². The Kier molecular flexibility index (Phi) is 6.60. The number of benzene rings is 1. The van der Waals surface area contributed by atoms with Gasteiger partial charge >= 0.3 is 0 Å². The van der Waals surface area contributed by atoms with Crippen LogP contribution in [0, 0.1) is 11.3 Å². The van der Waals surface area contributed by atoms with Crippen molar-refractivity contribution in [2.45, 2.75) is 52.5 Å². The maximum absolute atomic E-state index is 12.9. The minimum absolute atomic E-state index is 0.00647. The highest BCUT2D eigenvalue weighted by atomic mass is 16.5. The summed E-state index contributed by atoms with van der Waals surface area (Å²) in [7, 11) is 0. The first kappa shape index (κ1) is 19.0. The molecule has 2 atom stereocenters. The highest BCUT2D eigenvalue weighted by molar-refractivity contribution is 5.97. The molecule has 0 aliphatic carbocycles. The molecule has 134 valence electrons. The number of carbonyl (C=O) groups is 1. The van der Waals surface area contributed by atoms with Gasteiger partial charge in [-0.3, -0.25) is 4.79 Å². The first-order valence-corrected chi connectivity index (χ1v) is 8.77. The number of rotatable bonds is 5. The van der Waals surface area contributed by atoms with Crippen LogP contribution in [-0.4, -0.2) is 47.0 Å². The summed E-state index contributed by atoms with van der Waals surface area (Å²) in [5.41, 5.74) is 1.22. The van der Waals surface area contributed by atoms with Crippen molar-refractivity contribution in [2.24, 2.45) is 0 Å². The average molecular weight is 341 g/mol. The van der Waals surface area contributed by atoms with Crippen molar-refractivity contribution in [3.63, 3.8) is 0 Å². The maximum atomic E-state index is 12.9. The van der Waals surface area contributed by atoms with Crippen LogP contribution in [-0.2, 0) is 16.1 Å². The lowest BCUT2D eigenvalue weighted by Gasteiger charge is -2.35. The lowest BCUT2D eigenvalue weighted by Crippen LogP contribution is -2.43. The van der Waals surface area contributed by atoms with Gasteiger partial charge in [-0.25, -0.2) is 0 Å². The monoisotopic (exact) mass is 341 g/mol. The largest absolute Gasteiger partial charge is 0.372 e. The molecular weight excluding hydrogens is 314 g/mol. The van der Waals surface area contributed by atoms with Crippen LogP contribution < -0.4 is 0 Å². The van der Waals surface area contributed by atoms with Crippen LogP contribution in [0.25, 0.3) is 0 Å². The summed E-state index contributed by atoms with van der Waals surface area (Å²) >= 11 is 0. The van der Waals surface area contributed by atoms with Crippen LogP contribution in [0.1, 0.15) is 33.3 Å². The van der Waals surface area contributed by atoms with Gasteiger partial charge in [0.1, 0.15) is 11.6 Å². The Morgan fingerprint density at radius 3 is 2.44 bits per heavy atom. The molecule has 1 heterocycles. The molecule has 1 amide bonds. The fourth-order valence-electron chi connectivity index (χ4n) is 3.06. The summed E-state index contributed by atoms with van der Waals surface area (Å²) in [5.74, 6) is -0.229. The molecule has 0 spiro atoms. The van der Waals surface area contributed by atoms with Crippen molar-refractivity contribution in [3.8, 4) is 6.07 Å². The number of carbonyl (C=O) groups excluding carboxylic acids is 1. The molecule has 0 N–H and O–H groups in total. The average Bonchev–Trinajstić information content (AvgIpc) is 2.57. The van der Waals surface area contributed by atoms with Crippen molar-refractivity contribution in [3.05, 3.63) is 47.7 Å². The van der Waals surface area contributed by atoms with Crippen molar-refractivity contribution >= 4 is 5.91 Å². The molecule has 1 aliphatic heterocycles. The molecule has 5 nitrogen and oxygen atoms in total. The number of hydrogen-bond acceptors (Lipinski definition) is 4. The van der Waals surface area contributed by atoms with Crippen LogP contribution >= 0.6 is 0 Å². The topological polar surface area (TPSA) is 56.6 Å². The second kappa shape index (κ2) is 8.68. The van der Waals surface area contributed by atoms with Gasteiger partial charge in [-0.05, 0) is 33.3 Å². The highest BCUT2D eigenvalue weighted by Gasteiger charge is 2.25. The van der Waals surface area contributed by atoms with Crippen molar-refractivity contribution < 1.29 is 9.53 Å². The standard InChI is InChI=1S/C20H27N3O2/c1-15(2)23(13-18-8-6-5-7-9-18)20(24)19(10-21)14-22-11-16(3)25-17(4)12-22/h5-9,14-17H,11-13H2,1-4H3/b19-14-. The van der Waals surface area contributed by atoms with Gasteiger partial charge in [0.05, 0.1) is 12.2 Å². The first-order valence-electron chi connectivity index (χ1n) is 8.77. The summed E-state index contributed by atoms with van der Waals surface area (Å²) in [5, 5.41) is 9.53. The third-order valence-electron chi connectivity index (χ3n) is 4.19. The van der Waals surface area contributed by atoms with Crippen LogP contribution in [0.5, 0.6) is 0 Å². The van der Waals surface area contributed by atoms with Crippen LogP contribution in [0.2, 0.25) is 0 Å². The Balaban J connectivity index is 2.17. The molecule has 0 radical (unpaired) electrons. The quantitative estimate of drug-likeness (QED) is 0.610. The number of amides is 1. The van der Waals surface area contributed by atoms with Gasteiger partial charge in [0.2, 0.25) is 0 Å². The van der Waals surface area contributed by atoms with Gasteiger partial charge in [0.25, 0.3) is 5.91 Å². The molecule has 1 saturated heterocycles. The van der Waals surface area contributed by atoms with E-state index in [9.17, 15) is 10.1 Å². The fourth-order valence-corrected chi connectivity index (χ4v) is 3.06. The van der Waals surface area contributed by atoms with Crippen LogP contribution in [0.3, 0.4) is 0 Å². The zero-order chi connectivity index (χ0) is 18.4. The lowest BCUT2D eigenvalue weighted by atomic mass is 10.1. The van der Waals surface area contributed by atoms with Gasteiger partial charge in [-0.2, -0.15) is 5.26 Å². The molecule has 0 bridgehead atoms. The molecule has 0 saturated carbocycles. The van der Waals surface area contributed by atoms with E-state index >= 15 is 0 Å². The molecule has 0 aromatic heterocycles. The predicted octanol–water partition coefficient (Wildman–Crippen LogP) is 2.94. The molecule has 2 unspecified atom stereocenters. The summed E-state index contributed by atoms with van der Waals surface area (Å²) < 4.78 is 5.71. The van der Waals surface area contributed by atoms with E-state index in [0.717, 1.165) is 5.56 Å². The third kappa shape index (κ3) is 5.33. The molecule has 2 rings (SSSR count). The number of nitrogens with zero attached hydrogens (tertiary/aromatic N) is 3. The zero-order valence-corrected chi connectivity index (χ0v) is 15.5. The molecule has 1 aliphatic rings. The number of ether oxygens (including phenoxy) is 1. The lowest BCUT2D eigenvalue weighted by molar-refractivity contribution is -0.129. The Bertz CT molecular complexity index is 639. The van der Waals surface area contributed by atoms with E-state index < -0.39 is 0 Å². The van der Waals surface area contributed by atoms with E-state index in [-0.39, 0.29) is 29.7 Å². The van der Waals surface area contributed by atoms with Gasteiger partial charge in [0.15, 0.2) is 0 Å². The molecule has 1 aromatic rings. The summed E-state index contributed by atoms with van der Waals surface area (Å²) in [6.07, 6.45) is 1.86. The SMILES string of the molecule is CC1CN(/C=C(/C#N)C(=O)N(Cc2ccccc2)C(C)C)CC(C)O1. The van der Waals surface area contributed by atoms with Crippen molar-refractivity contribution in [1.29, 1.82) is 5.26 Å². The van der Waals surface area contributed by atoms with Gasteiger partial charge in [0, 0.05) is 31.9 Å². The normalized spacial score (nSPS) is 21.1. The van der Waals surface area contributed by atoms with Crippen molar-refractivity contribution in [2.75, 3.05) is 13.1 Å². The Labute approximate surface area is 150 Å². The van der Waals surface area contributed by atoms with Crippen LogP contribution in [0.15, 0.2) is 42.1 Å². The van der Waals surface area contributed by atoms with Gasteiger partial charge in [-0.15, -0.1) is 0 Å². The van der Waals surface area contributed by atoms with Gasteiger partial charge in [-0.1, -0.05) is 30.3 Å². The Hall–Kier alpha value is -2.32. The van der Waals surface area contributed by atoms with E-state index in [1.807, 2.05) is 62.9 Å². The zero-order valence-electron chi connectivity index (χ0n) is 15.5. The minimum Gasteiger partial charge on any atom is -0.372 e. The number of morpholine rings is 1. The van der Waals surface area contributed by atoms with Crippen molar-refractivity contribution in [1.82, 2.24) is 9.80 Å². The third-order valence-corrected chi connectivity index (χ3v) is 4.19. The smallest absolute Gasteiger partial charge is 0.266 e. The van der Waals surface area contributed by atoms with E-state index in [4.69, 9.17) is 4.74 Å². The Morgan fingerprint density at radius 1 is 1.32 bits per heavy atom. The van der Waals surface area contributed by atoms with E-state index in [1.165, 1.54) is 0 Å². The van der Waals surface area contributed by atoms with E-state index in [0.29, 0.717) is 19.6 Å². The summed E-state index contributed by atoms with van der Waals surface area (Å²) in [6.45, 7) is 9.79. The second-order valence-corrected chi connectivity index (χ2v) is 6.88. The van der Waals surface area contributed by atoms with Crippen LogP contribution in [0.4, 0.5) is 0 Å².